The Morgan fingerprint density at radius 2 is 1.98 bits per heavy atom. The molecule has 4 rings (SSSR count). The van der Waals surface area contributed by atoms with Crippen LogP contribution in [0, 0.1) is 18.3 Å². The number of nitriles is 1. The van der Waals surface area contributed by atoms with Gasteiger partial charge in [-0.05, 0) is 70.8 Å². The molecule has 42 heavy (non-hydrogen) atoms. The molecule has 2 aromatic heterocycles. The van der Waals surface area contributed by atoms with Crippen LogP contribution in [-0.2, 0) is 11.8 Å². The zero-order valence-corrected chi connectivity index (χ0v) is 25.3. The van der Waals surface area contributed by atoms with E-state index in [1.165, 1.54) is 6.08 Å². The highest BCUT2D eigenvalue weighted by Gasteiger charge is 2.20. The molecule has 0 radical (unpaired) electrons. The van der Waals surface area contributed by atoms with Gasteiger partial charge in [-0.2, -0.15) is 5.26 Å². The standard InChI is InChI=1S/C32H38N8O2/c1-9-30(41)35-26-16-27(29(42-8)17-28(26)40(20(2)3)13-12-38(5)6)37-32-34-11-10-25(36-32)22-14-23(18-33)31-24(15-22)21(4)19-39(31)7/h9-11,14-17,19-20H,1,12-13H2,2-8H3,(H,35,41)(H,34,36,37). The number of aryl methyl sites for hydroxylation is 2. The van der Waals surface area contributed by atoms with Crippen LogP contribution >= 0.6 is 0 Å². The Balaban J connectivity index is 1.76. The summed E-state index contributed by atoms with van der Waals surface area (Å²) >= 11 is 0. The topological polar surface area (TPSA) is 111 Å². The molecule has 0 bridgehead atoms. The van der Waals surface area contributed by atoms with Crippen molar-refractivity contribution in [3.05, 3.63) is 66.5 Å². The summed E-state index contributed by atoms with van der Waals surface area (Å²) in [6.45, 7) is 11.4. The van der Waals surface area contributed by atoms with Crippen molar-refractivity contribution < 1.29 is 9.53 Å². The van der Waals surface area contributed by atoms with E-state index in [1.807, 2.05) is 69.2 Å². The Bertz CT molecular complexity index is 1670. The van der Waals surface area contributed by atoms with Crippen LogP contribution in [0.25, 0.3) is 22.2 Å². The summed E-state index contributed by atoms with van der Waals surface area (Å²) in [5.74, 6) is 0.595. The molecule has 2 heterocycles. The van der Waals surface area contributed by atoms with Crippen LogP contribution in [0.2, 0.25) is 0 Å². The third kappa shape index (κ3) is 6.37. The molecule has 10 heteroatoms. The maximum atomic E-state index is 12.4. The molecule has 0 atom stereocenters. The SMILES string of the molecule is C=CC(=O)Nc1cc(Nc2nccc(-c3cc(C#N)c4c(c3)c(C)cn4C)n2)c(OC)cc1N(CCN(C)C)C(C)C. The molecular weight excluding hydrogens is 528 g/mol. The molecule has 0 saturated heterocycles. The van der Waals surface area contributed by atoms with Crippen LogP contribution in [-0.4, -0.2) is 65.7 Å². The quantitative estimate of drug-likeness (QED) is 0.230. The maximum absolute atomic E-state index is 12.4. The molecule has 0 aliphatic carbocycles. The highest BCUT2D eigenvalue weighted by molar-refractivity contribution is 6.02. The highest BCUT2D eigenvalue weighted by Crippen LogP contribution is 2.39. The zero-order valence-electron chi connectivity index (χ0n) is 25.3. The third-order valence-electron chi connectivity index (χ3n) is 7.08. The lowest BCUT2D eigenvalue weighted by Crippen LogP contribution is -2.37. The summed E-state index contributed by atoms with van der Waals surface area (Å²) in [6.07, 6.45) is 4.93. The van der Waals surface area contributed by atoms with Crippen LogP contribution in [0.5, 0.6) is 5.75 Å². The normalized spacial score (nSPS) is 11.0. The number of fused-ring (bicyclic) bond motifs is 1. The van der Waals surface area contributed by atoms with Crippen molar-refractivity contribution in [1.29, 1.82) is 5.26 Å². The van der Waals surface area contributed by atoms with Crippen molar-refractivity contribution in [3.8, 4) is 23.1 Å². The molecular formula is C32H38N8O2. The van der Waals surface area contributed by atoms with Gasteiger partial charge in [0.1, 0.15) is 11.8 Å². The number of ether oxygens (including phenoxy) is 1. The first-order valence-corrected chi connectivity index (χ1v) is 13.7. The van der Waals surface area contributed by atoms with Crippen molar-refractivity contribution in [3.63, 3.8) is 0 Å². The van der Waals surface area contributed by atoms with Crippen molar-refractivity contribution in [2.24, 2.45) is 7.05 Å². The van der Waals surface area contributed by atoms with Gasteiger partial charge in [-0.25, -0.2) is 9.97 Å². The molecule has 0 spiro atoms. The zero-order chi connectivity index (χ0) is 30.6. The molecule has 4 aromatic rings. The van der Waals surface area contributed by atoms with Gasteiger partial charge in [-0.3, -0.25) is 4.79 Å². The number of nitrogens with zero attached hydrogens (tertiary/aromatic N) is 6. The van der Waals surface area contributed by atoms with Gasteiger partial charge in [-0.1, -0.05) is 6.58 Å². The average molecular weight is 567 g/mol. The van der Waals surface area contributed by atoms with Gasteiger partial charge >= 0.3 is 0 Å². The second-order valence-corrected chi connectivity index (χ2v) is 10.7. The average Bonchev–Trinajstić information content (AvgIpc) is 3.26. The Morgan fingerprint density at radius 3 is 2.62 bits per heavy atom. The van der Waals surface area contributed by atoms with Gasteiger partial charge in [-0.15, -0.1) is 0 Å². The van der Waals surface area contributed by atoms with E-state index in [4.69, 9.17) is 9.72 Å². The smallest absolute Gasteiger partial charge is 0.247 e. The van der Waals surface area contributed by atoms with Gasteiger partial charge in [0.15, 0.2) is 0 Å². The van der Waals surface area contributed by atoms with Crippen molar-refractivity contribution in [2.75, 3.05) is 49.8 Å². The summed E-state index contributed by atoms with van der Waals surface area (Å²) in [5.41, 5.74) is 6.05. The van der Waals surface area contributed by atoms with Crippen LogP contribution in [0.15, 0.2) is 55.4 Å². The van der Waals surface area contributed by atoms with Crippen molar-refractivity contribution in [1.82, 2.24) is 19.4 Å². The largest absolute Gasteiger partial charge is 0.494 e. The number of benzene rings is 2. The molecule has 2 aromatic carbocycles. The Hall–Kier alpha value is -4.88. The van der Waals surface area contributed by atoms with E-state index < -0.39 is 0 Å². The van der Waals surface area contributed by atoms with Gasteiger partial charge in [0.25, 0.3) is 0 Å². The first-order valence-electron chi connectivity index (χ1n) is 13.7. The number of likely N-dealkylation sites (N-methyl/N-ethyl adjacent to an activating group) is 1. The van der Waals surface area contributed by atoms with E-state index in [0.717, 1.165) is 40.8 Å². The van der Waals surface area contributed by atoms with E-state index >= 15 is 0 Å². The summed E-state index contributed by atoms with van der Waals surface area (Å²) in [6, 6.07) is 11.9. The number of aromatic nitrogens is 3. The van der Waals surface area contributed by atoms with E-state index in [0.29, 0.717) is 34.3 Å². The predicted octanol–water partition coefficient (Wildman–Crippen LogP) is 5.47. The molecule has 0 unspecified atom stereocenters. The molecule has 0 aliphatic heterocycles. The van der Waals surface area contributed by atoms with E-state index in [-0.39, 0.29) is 11.9 Å². The van der Waals surface area contributed by atoms with Crippen LogP contribution in [0.3, 0.4) is 0 Å². The van der Waals surface area contributed by atoms with Crippen LogP contribution < -0.4 is 20.3 Å². The summed E-state index contributed by atoms with van der Waals surface area (Å²) in [4.78, 5) is 26.0. The number of anilines is 4. The minimum Gasteiger partial charge on any atom is -0.494 e. The minimum absolute atomic E-state index is 0.164. The fraction of sp³-hybridized carbons (Fsp3) is 0.312. The molecule has 218 valence electrons. The Labute approximate surface area is 247 Å². The monoisotopic (exact) mass is 566 g/mol. The lowest BCUT2D eigenvalue weighted by Gasteiger charge is -2.32. The number of rotatable bonds is 11. The number of carbonyl (C=O) groups excluding carboxylic acids is 1. The molecule has 0 aliphatic rings. The number of carbonyl (C=O) groups is 1. The van der Waals surface area contributed by atoms with Crippen LogP contribution in [0.1, 0.15) is 25.0 Å². The van der Waals surface area contributed by atoms with Gasteiger partial charge in [0.05, 0.1) is 40.9 Å². The lowest BCUT2D eigenvalue weighted by atomic mass is 10.0. The fourth-order valence-corrected chi connectivity index (χ4v) is 4.99. The van der Waals surface area contributed by atoms with Crippen LogP contribution in [0.4, 0.5) is 23.0 Å². The molecule has 0 saturated carbocycles. The number of amides is 1. The van der Waals surface area contributed by atoms with Gasteiger partial charge in [0, 0.05) is 55.6 Å². The van der Waals surface area contributed by atoms with Gasteiger partial charge in [0.2, 0.25) is 11.9 Å². The maximum Gasteiger partial charge on any atom is 0.247 e. The minimum atomic E-state index is -0.318. The van der Waals surface area contributed by atoms with Gasteiger partial charge < -0.3 is 29.7 Å². The van der Waals surface area contributed by atoms with Crippen molar-refractivity contribution >= 4 is 39.8 Å². The predicted molar refractivity (Wildman–Crippen MR) is 170 cm³/mol. The number of hydrogen-bond donors (Lipinski definition) is 2. The molecule has 2 N–H and O–H groups in total. The fourth-order valence-electron chi connectivity index (χ4n) is 4.99. The summed E-state index contributed by atoms with van der Waals surface area (Å²) < 4.78 is 7.75. The molecule has 0 fully saturated rings. The third-order valence-corrected chi connectivity index (χ3v) is 7.08. The number of methoxy groups -OCH3 is 1. The van der Waals surface area contributed by atoms with E-state index in [1.54, 1.807) is 13.3 Å². The van der Waals surface area contributed by atoms with E-state index in [2.05, 4.69) is 51.9 Å². The Kier molecular flexibility index (Phi) is 9.13. The first-order chi connectivity index (χ1) is 20.1. The molecule has 1 amide bonds. The lowest BCUT2D eigenvalue weighted by molar-refractivity contribution is -0.111. The second kappa shape index (κ2) is 12.7. The van der Waals surface area contributed by atoms with E-state index in [9.17, 15) is 10.1 Å². The summed E-state index contributed by atoms with van der Waals surface area (Å²) in [7, 11) is 7.60. The highest BCUT2D eigenvalue weighted by atomic mass is 16.5. The summed E-state index contributed by atoms with van der Waals surface area (Å²) in [5, 5.41) is 17.1. The number of nitrogens with one attached hydrogen (secondary N) is 2. The molecule has 10 nitrogen and oxygen atoms in total. The first kappa shape index (κ1) is 30.1. The Morgan fingerprint density at radius 1 is 1.21 bits per heavy atom. The van der Waals surface area contributed by atoms with Crippen molar-refractivity contribution in [2.45, 2.75) is 26.8 Å². The second-order valence-electron chi connectivity index (χ2n) is 10.7. The number of hydrogen-bond acceptors (Lipinski definition) is 8.